The molecule has 4 heterocycles. The van der Waals surface area contributed by atoms with Gasteiger partial charge < -0.3 is 0 Å². The summed E-state index contributed by atoms with van der Waals surface area (Å²) >= 11 is 5.43. The van der Waals surface area contributed by atoms with Crippen molar-refractivity contribution in [1.29, 1.82) is 0 Å². The number of fused-ring (bicyclic) bond motifs is 9. The second-order valence-electron chi connectivity index (χ2n) is 9.74. The molecule has 9 rings (SSSR count). The van der Waals surface area contributed by atoms with Gasteiger partial charge in [-0.3, -0.25) is 0 Å². The summed E-state index contributed by atoms with van der Waals surface area (Å²) in [6.45, 7) is 0. The Morgan fingerprint density at radius 1 is 0.410 bits per heavy atom. The summed E-state index contributed by atoms with van der Waals surface area (Å²) in [7, 11) is 0. The van der Waals surface area contributed by atoms with Gasteiger partial charge in [0, 0.05) is 66.9 Å². The Morgan fingerprint density at radius 3 is 1.59 bits per heavy atom. The molecular weight excluding hydrogens is 533 g/mol. The average Bonchev–Trinajstić information content (AvgIpc) is 3.67. The first-order valence-electron chi connectivity index (χ1n) is 12.8. The van der Waals surface area contributed by atoms with Gasteiger partial charge in [0.2, 0.25) is 0 Å². The third kappa shape index (κ3) is 3.12. The van der Waals surface area contributed by atoms with Crippen LogP contribution in [0.3, 0.4) is 0 Å². The zero-order valence-electron chi connectivity index (χ0n) is 20.5. The van der Waals surface area contributed by atoms with Gasteiger partial charge in [-0.05, 0) is 24.3 Å². The molecule has 4 aromatic heterocycles. The van der Waals surface area contributed by atoms with E-state index < -0.39 is 0 Å². The maximum Gasteiger partial charge on any atom is 0.162 e. The lowest BCUT2D eigenvalue weighted by Gasteiger charge is -2.09. The molecule has 5 aromatic carbocycles. The molecule has 0 radical (unpaired) electrons. The van der Waals surface area contributed by atoms with Crippen LogP contribution in [0, 0.1) is 0 Å². The van der Waals surface area contributed by atoms with E-state index in [0.29, 0.717) is 0 Å². The van der Waals surface area contributed by atoms with E-state index in [0.717, 1.165) is 27.3 Å². The summed E-state index contributed by atoms with van der Waals surface area (Å²) in [5, 5.41) is 7.51. The summed E-state index contributed by atoms with van der Waals surface area (Å²) in [6, 6.07) is 39.1. The van der Waals surface area contributed by atoms with Crippen molar-refractivity contribution >= 4 is 94.7 Å². The monoisotopic (exact) mass is 550 g/mol. The predicted molar refractivity (Wildman–Crippen MR) is 172 cm³/mol. The highest BCUT2D eigenvalue weighted by Gasteiger charge is 2.21. The van der Waals surface area contributed by atoms with Gasteiger partial charge in [0.25, 0.3) is 0 Å². The van der Waals surface area contributed by atoms with Crippen molar-refractivity contribution in [2.24, 2.45) is 0 Å². The molecule has 0 amide bonds. The minimum Gasteiger partial charge on any atom is -0.227 e. The minimum absolute atomic E-state index is 0.791. The van der Waals surface area contributed by atoms with Crippen molar-refractivity contribution in [3.05, 3.63) is 109 Å². The van der Waals surface area contributed by atoms with Crippen molar-refractivity contribution in [3.8, 4) is 22.6 Å². The third-order valence-corrected chi connectivity index (χ3v) is 11.0. The topological polar surface area (TPSA) is 25.8 Å². The molecule has 0 aliphatic rings. The van der Waals surface area contributed by atoms with Crippen LogP contribution in [0.2, 0.25) is 0 Å². The number of rotatable bonds is 2. The zero-order valence-corrected chi connectivity index (χ0v) is 23.0. The molecule has 0 saturated heterocycles. The average molecular weight is 551 g/mol. The van der Waals surface area contributed by atoms with Gasteiger partial charge in [-0.25, -0.2) is 9.97 Å². The van der Waals surface area contributed by atoms with Gasteiger partial charge in [-0.15, -0.1) is 34.0 Å². The number of thiophene rings is 3. The summed E-state index contributed by atoms with van der Waals surface area (Å²) < 4.78 is 6.35. The maximum absolute atomic E-state index is 5.41. The summed E-state index contributed by atoms with van der Waals surface area (Å²) in [5.41, 5.74) is 3.29. The zero-order chi connectivity index (χ0) is 25.5. The van der Waals surface area contributed by atoms with E-state index in [2.05, 4.69) is 109 Å². The Morgan fingerprint density at radius 2 is 0.923 bits per heavy atom. The Balaban J connectivity index is 1.42. The largest absolute Gasteiger partial charge is 0.227 e. The molecule has 0 aliphatic carbocycles. The first-order chi connectivity index (χ1) is 19.3. The fourth-order valence-electron chi connectivity index (χ4n) is 5.80. The second kappa shape index (κ2) is 8.17. The van der Waals surface area contributed by atoms with Crippen LogP contribution in [0.15, 0.2) is 109 Å². The van der Waals surface area contributed by atoms with Crippen molar-refractivity contribution in [2.45, 2.75) is 0 Å². The minimum atomic E-state index is 0.791. The molecule has 0 aliphatic heterocycles. The number of hydrogen-bond donors (Lipinski definition) is 0. The Kier molecular flexibility index (Phi) is 4.55. The van der Waals surface area contributed by atoms with Crippen molar-refractivity contribution in [1.82, 2.24) is 9.97 Å². The molecule has 182 valence electrons. The summed E-state index contributed by atoms with van der Waals surface area (Å²) in [6.07, 6.45) is 0. The number of benzene rings is 5. The van der Waals surface area contributed by atoms with Crippen LogP contribution < -0.4 is 0 Å². The first kappa shape index (κ1) is 21.7. The van der Waals surface area contributed by atoms with E-state index in [1.54, 1.807) is 11.3 Å². The van der Waals surface area contributed by atoms with Crippen molar-refractivity contribution in [3.63, 3.8) is 0 Å². The quantitative estimate of drug-likeness (QED) is 0.214. The predicted octanol–water partition coefficient (Wildman–Crippen LogP) is 10.9. The molecular formula is C34H18N2S3. The lowest BCUT2D eigenvalue weighted by atomic mass is 10.0. The van der Waals surface area contributed by atoms with Crippen LogP contribution >= 0.6 is 34.0 Å². The summed E-state index contributed by atoms with van der Waals surface area (Å²) in [4.78, 5) is 11.7. The smallest absolute Gasteiger partial charge is 0.162 e. The fraction of sp³-hybridized carbons (Fsp3) is 0. The van der Waals surface area contributed by atoms with Gasteiger partial charge in [0.1, 0.15) is 4.83 Å². The van der Waals surface area contributed by atoms with Gasteiger partial charge >= 0.3 is 0 Å². The van der Waals surface area contributed by atoms with Gasteiger partial charge in [0.05, 0.1) is 5.69 Å². The Labute approximate surface area is 235 Å². The molecule has 0 bridgehead atoms. The highest BCUT2D eigenvalue weighted by molar-refractivity contribution is 7.27. The molecule has 0 spiro atoms. The van der Waals surface area contributed by atoms with E-state index in [9.17, 15) is 0 Å². The van der Waals surface area contributed by atoms with Gasteiger partial charge in [-0.1, -0.05) is 84.9 Å². The van der Waals surface area contributed by atoms with Crippen LogP contribution in [0.1, 0.15) is 0 Å². The van der Waals surface area contributed by atoms with E-state index in [1.807, 2.05) is 22.7 Å². The molecule has 0 fully saturated rings. The van der Waals surface area contributed by atoms with Crippen molar-refractivity contribution < 1.29 is 0 Å². The number of aromatic nitrogens is 2. The SMILES string of the molecule is c1ccc2c(c1)sc1c(-c3nc(-c4cccc5c4sc4ccccc45)c4c(n3)sc3ccccc34)cccc12. The molecule has 0 saturated carbocycles. The van der Waals surface area contributed by atoms with Crippen LogP contribution in [0.4, 0.5) is 0 Å². The second-order valence-corrected chi connectivity index (χ2v) is 12.9. The lowest BCUT2D eigenvalue weighted by Crippen LogP contribution is -1.94. The Hall–Kier alpha value is -4.16. The lowest BCUT2D eigenvalue weighted by molar-refractivity contribution is 1.25. The first-order valence-corrected chi connectivity index (χ1v) is 15.3. The van der Waals surface area contributed by atoms with E-state index in [4.69, 9.17) is 9.97 Å². The van der Waals surface area contributed by atoms with Crippen LogP contribution in [0.25, 0.3) is 83.3 Å². The molecule has 9 aromatic rings. The van der Waals surface area contributed by atoms with Crippen LogP contribution in [-0.4, -0.2) is 9.97 Å². The normalized spacial score (nSPS) is 12.1. The third-order valence-electron chi connectivity index (χ3n) is 7.54. The fourth-order valence-corrected chi connectivity index (χ4v) is 9.30. The standard InChI is InChI=1S/C34H18N2S3/c1-4-16-26-19(9-1)21-12-7-14-24(31(21)37-26)30-29-23-11-3-6-18-28(23)39-34(29)36-33(35-30)25-15-8-13-22-20-10-2-5-17-27(20)38-32(22)25/h1-18H. The number of nitrogens with zero attached hydrogens (tertiary/aromatic N) is 2. The van der Waals surface area contributed by atoms with Gasteiger partial charge in [0.15, 0.2) is 5.82 Å². The highest BCUT2D eigenvalue weighted by Crippen LogP contribution is 2.46. The molecule has 0 atom stereocenters. The van der Waals surface area contributed by atoms with Crippen LogP contribution in [-0.2, 0) is 0 Å². The molecule has 2 nitrogen and oxygen atoms in total. The molecule has 5 heteroatoms. The number of hydrogen-bond acceptors (Lipinski definition) is 5. The van der Waals surface area contributed by atoms with Crippen molar-refractivity contribution in [2.75, 3.05) is 0 Å². The van der Waals surface area contributed by atoms with E-state index >= 15 is 0 Å². The molecule has 0 N–H and O–H groups in total. The maximum atomic E-state index is 5.41. The molecule has 0 unspecified atom stereocenters. The Bertz CT molecular complexity index is 2410. The van der Waals surface area contributed by atoms with E-state index in [1.165, 1.54) is 56.0 Å². The molecule has 39 heavy (non-hydrogen) atoms. The van der Waals surface area contributed by atoms with Gasteiger partial charge in [-0.2, -0.15) is 0 Å². The van der Waals surface area contributed by atoms with Crippen LogP contribution in [0.5, 0.6) is 0 Å². The summed E-state index contributed by atoms with van der Waals surface area (Å²) in [5.74, 6) is 0.791. The van der Waals surface area contributed by atoms with E-state index in [-0.39, 0.29) is 0 Å². The highest BCUT2D eigenvalue weighted by atomic mass is 32.1.